The highest BCUT2D eigenvalue weighted by Gasteiger charge is 2.30. The first-order valence-electron chi connectivity index (χ1n) is 9.54. The Kier molecular flexibility index (Phi) is 5.72. The number of piperidine rings is 1. The van der Waals surface area contributed by atoms with E-state index in [1.165, 1.54) is 13.5 Å². The van der Waals surface area contributed by atoms with Gasteiger partial charge in [-0.05, 0) is 38.7 Å². The lowest BCUT2D eigenvalue weighted by atomic mass is 10.1. The van der Waals surface area contributed by atoms with Crippen LogP contribution in [0.1, 0.15) is 51.4 Å². The summed E-state index contributed by atoms with van der Waals surface area (Å²) < 4.78 is 4.80. The van der Waals surface area contributed by atoms with Crippen LogP contribution >= 0.6 is 0 Å². The lowest BCUT2D eigenvalue weighted by Gasteiger charge is -2.38. The van der Waals surface area contributed by atoms with Crippen molar-refractivity contribution in [2.75, 3.05) is 46.4 Å². The molecule has 0 bridgehead atoms. The van der Waals surface area contributed by atoms with Crippen molar-refractivity contribution in [2.45, 2.75) is 33.1 Å². The SMILES string of the molecule is COC(=O)c1c(C)[nH]c(C(=O)N2CCN(C(=O)N3CCCCC3)CC2)c1C. The van der Waals surface area contributed by atoms with E-state index in [2.05, 4.69) is 4.98 Å². The molecule has 3 heterocycles. The van der Waals surface area contributed by atoms with E-state index in [9.17, 15) is 14.4 Å². The number of hydrogen-bond donors (Lipinski definition) is 1. The Bertz CT molecular complexity index is 728. The van der Waals surface area contributed by atoms with Crippen molar-refractivity contribution in [3.05, 3.63) is 22.5 Å². The molecule has 1 aromatic heterocycles. The van der Waals surface area contributed by atoms with E-state index in [0.29, 0.717) is 48.7 Å². The van der Waals surface area contributed by atoms with Crippen LogP contribution in [0.2, 0.25) is 0 Å². The predicted octanol–water partition coefficient (Wildman–Crippen LogP) is 1.78. The second-order valence-electron chi connectivity index (χ2n) is 7.23. The predicted molar refractivity (Wildman–Crippen MR) is 99.9 cm³/mol. The number of piperazine rings is 1. The minimum atomic E-state index is -0.447. The summed E-state index contributed by atoms with van der Waals surface area (Å²) in [4.78, 5) is 45.9. The molecule has 2 aliphatic rings. The van der Waals surface area contributed by atoms with Crippen molar-refractivity contribution in [1.29, 1.82) is 0 Å². The summed E-state index contributed by atoms with van der Waals surface area (Å²) in [6, 6.07) is 0.0849. The Labute approximate surface area is 159 Å². The van der Waals surface area contributed by atoms with Crippen molar-refractivity contribution in [3.63, 3.8) is 0 Å². The summed E-state index contributed by atoms with van der Waals surface area (Å²) >= 11 is 0. The van der Waals surface area contributed by atoms with Crippen LogP contribution in [0.15, 0.2) is 0 Å². The first-order chi connectivity index (χ1) is 12.9. The number of H-pyrrole nitrogens is 1. The van der Waals surface area contributed by atoms with Gasteiger partial charge in [-0.3, -0.25) is 4.79 Å². The highest BCUT2D eigenvalue weighted by atomic mass is 16.5. The van der Waals surface area contributed by atoms with Crippen LogP contribution in [0.25, 0.3) is 0 Å². The van der Waals surface area contributed by atoms with Crippen LogP contribution in [-0.2, 0) is 4.74 Å². The minimum absolute atomic E-state index is 0.0849. The number of carbonyl (C=O) groups is 3. The lowest BCUT2D eigenvalue weighted by molar-refractivity contribution is 0.0599. The van der Waals surface area contributed by atoms with Gasteiger partial charge in [-0.1, -0.05) is 0 Å². The maximum Gasteiger partial charge on any atom is 0.339 e. The van der Waals surface area contributed by atoms with E-state index in [1.807, 2.05) is 9.80 Å². The fourth-order valence-electron chi connectivity index (χ4n) is 3.92. The molecule has 2 aliphatic heterocycles. The molecule has 0 saturated carbocycles. The van der Waals surface area contributed by atoms with Gasteiger partial charge in [0.25, 0.3) is 5.91 Å². The summed E-state index contributed by atoms with van der Waals surface area (Å²) in [5, 5.41) is 0. The smallest absolute Gasteiger partial charge is 0.339 e. The largest absolute Gasteiger partial charge is 0.465 e. The molecule has 1 N–H and O–H groups in total. The number of aromatic nitrogens is 1. The third kappa shape index (κ3) is 3.79. The Hall–Kier alpha value is -2.51. The van der Waals surface area contributed by atoms with Crippen molar-refractivity contribution >= 4 is 17.9 Å². The second kappa shape index (κ2) is 8.02. The van der Waals surface area contributed by atoms with Crippen molar-refractivity contribution < 1.29 is 19.1 Å². The molecule has 2 fully saturated rings. The van der Waals surface area contributed by atoms with Crippen molar-refractivity contribution in [3.8, 4) is 0 Å². The molecular formula is C19H28N4O4. The van der Waals surface area contributed by atoms with Gasteiger partial charge in [0, 0.05) is 45.0 Å². The first-order valence-corrected chi connectivity index (χ1v) is 9.54. The molecule has 1 aromatic rings. The van der Waals surface area contributed by atoms with Gasteiger partial charge in [-0.2, -0.15) is 0 Å². The summed E-state index contributed by atoms with van der Waals surface area (Å²) in [7, 11) is 1.33. The third-order valence-electron chi connectivity index (χ3n) is 5.50. The van der Waals surface area contributed by atoms with E-state index >= 15 is 0 Å². The monoisotopic (exact) mass is 376 g/mol. The number of rotatable bonds is 2. The number of aromatic amines is 1. The number of aryl methyl sites for hydroxylation is 1. The van der Waals surface area contributed by atoms with Gasteiger partial charge in [0.1, 0.15) is 5.69 Å². The van der Waals surface area contributed by atoms with E-state index in [0.717, 1.165) is 25.9 Å². The zero-order chi connectivity index (χ0) is 19.6. The zero-order valence-corrected chi connectivity index (χ0v) is 16.3. The second-order valence-corrected chi connectivity index (χ2v) is 7.23. The minimum Gasteiger partial charge on any atom is -0.465 e. The van der Waals surface area contributed by atoms with Crippen molar-refractivity contribution in [2.24, 2.45) is 0 Å². The van der Waals surface area contributed by atoms with Gasteiger partial charge in [-0.25, -0.2) is 9.59 Å². The van der Waals surface area contributed by atoms with Crippen LogP contribution < -0.4 is 0 Å². The number of nitrogens with one attached hydrogen (secondary N) is 1. The lowest BCUT2D eigenvalue weighted by Crippen LogP contribution is -2.54. The molecule has 148 valence electrons. The van der Waals surface area contributed by atoms with Gasteiger partial charge >= 0.3 is 12.0 Å². The number of methoxy groups -OCH3 is 1. The Balaban J connectivity index is 1.63. The molecule has 3 rings (SSSR count). The Morgan fingerprint density at radius 1 is 0.852 bits per heavy atom. The van der Waals surface area contributed by atoms with E-state index in [1.54, 1.807) is 18.7 Å². The molecule has 3 amide bonds. The fraction of sp³-hybridized carbons (Fsp3) is 0.632. The molecule has 27 heavy (non-hydrogen) atoms. The molecule has 0 aromatic carbocycles. The summed E-state index contributed by atoms with van der Waals surface area (Å²) in [5.41, 5.74) is 2.07. The number of likely N-dealkylation sites (tertiary alicyclic amines) is 1. The Morgan fingerprint density at radius 2 is 1.41 bits per heavy atom. The quantitative estimate of drug-likeness (QED) is 0.797. The highest BCUT2D eigenvalue weighted by molar-refractivity contribution is 6.00. The molecule has 0 spiro atoms. The fourth-order valence-corrected chi connectivity index (χ4v) is 3.92. The molecule has 0 unspecified atom stereocenters. The summed E-state index contributed by atoms with van der Waals surface area (Å²) in [6.07, 6.45) is 3.32. The number of ether oxygens (including phenoxy) is 1. The standard InChI is InChI=1S/C19H28N4O4/c1-13-15(18(25)27-3)14(2)20-16(13)17(24)21-9-11-23(12-10-21)19(26)22-7-5-4-6-8-22/h20H,4-12H2,1-3H3. The van der Waals surface area contributed by atoms with E-state index in [-0.39, 0.29) is 11.9 Å². The van der Waals surface area contributed by atoms with Crippen LogP contribution in [0, 0.1) is 13.8 Å². The first kappa shape index (κ1) is 19.3. The van der Waals surface area contributed by atoms with Crippen molar-refractivity contribution in [1.82, 2.24) is 19.7 Å². The Morgan fingerprint density at radius 3 is 2.00 bits per heavy atom. The van der Waals surface area contributed by atoms with Crippen LogP contribution in [-0.4, -0.2) is 84.0 Å². The number of amides is 3. The number of carbonyl (C=O) groups excluding carboxylic acids is 3. The number of urea groups is 1. The van der Waals surface area contributed by atoms with Gasteiger partial charge in [0.05, 0.1) is 12.7 Å². The maximum absolute atomic E-state index is 12.9. The van der Waals surface area contributed by atoms with Gasteiger partial charge in [-0.15, -0.1) is 0 Å². The number of nitrogens with zero attached hydrogens (tertiary/aromatic N) is 3. The average molecular weight is 376 g/mol. The highest BCUT2D eigenvalue weighted by Crippen LogP contribution is 2.21. The summed E-state index contributed by atoms with van der Waals surface area (Å²) in [6.45, 7) is 7.20. The average Bonchev–Trinajstić information content (AvgIpc) is 3.01. The summed E-state index contributed by atoms with van der Waals surface area (Å²) in [5.74, 6) is -0.590. The molecule has 2 saturated heterocycles. The molecular weight excluding hydrogens is 348 g/mol. The normalized spacial score (nSPS) is 17.8. The number of esters is 1. The zero-order valence-electron chi connectivity index (χ0n) is 16.3. The van der Waals surface area contributed by atoms with Crippen LogP contribution in [0.4, 0.5) is 4.79 Å². The van der Waals surface area contributed by atoms with E-state index < -0.39 is 5.97 Å². The van der Waals surface area contributed by atoms with Crippen LogP contribution in [0.3, 0.4) is 0 Å². The molecule has 0 aliphatic carbocycles. The molecule has 0 atom stereocenters. The molecule has 8 heteroatoms. The van der Waals surface area contributed by atoms with E-state index in [4.69, 9.17) is 4.74 Å². The maximum atomic E-state index is 12.9. The van der Waals surface area contributed by atoms with Gasteiger partial charge in [0.15, 0.2) is 0 Å². The topological polar surface area (TPSA) is 86.0 Å². The molecule has 8 nitrogen and oxygen atoms in total. The van der Waals surface area contributed by atoms with Gasteiger partial charge in [0.2, 0.25) is 0 Å². The van der Waals surface area contributed by atoms with Crippen LogP contribution in [0.5, 0.6) is 0 Å². The van der Waals surface area contributed by atoms with Gasteiger partial charge < -0.3 is 24.4 Å². The third-order valence-corrected chi connectivity index (χ3v) is 5.50. The molecule has 0 radical (unpaired) electrons. The number of hydrogen-bond acceptors (Lipinski definition) is 4.